The zero-order chi connectivity index (χ0) is 16.7. The Morgan fingerprint density at radius 2 is 2.35 bits per heavy atom. The maximum atomic E-state index is 12.4. The predicted octanol–water partition coefficient (Wildman–Crippen LogP) is 0.813. The zero-order valence-electron chi connectivity index (χ0n) is 13.5. The van der Waals surface area contributed by atoms with Gasteiger partial charge >= 0.3 is 0 Å². The van der Waals surface area contributed by atoms with Crippen LogP contribution in [0.1, 0.15) is 43.7 Å². The molecule has 128 valence electrons. The summed E-state index contributed by atoms with van der Waals surface area (Å²) in [7, 11) is -3.03. The first-order valence-electron chi connectivity index (χ1n) is 7.95. The largest absolute Gasteiger partial charge is 0.361 e. The van der Waals surface area contributed by atoms with Gasteiger partial charge in [0, 0.05) is 6.07 Å². The summed E-state index contributed by atoms with van der Waals surface area (Å²) < 4.78 is 28.4. The smallest absolute Gasteiger partial charge is 0.234 e. The first kappa shape index (κ1) is 16.4. The predicted molar refractivity (Wildman–Crippen MR) is 84.6 cm³/mol. The van der Waals surface area contributed by atoms with Gasteiger partial charge in [-0.3, -0.25) is 9.69 Å². The minimum absolute atomic E-state index is 0.0254. The van der Waals surface area contributed by atoms with Crippen molar-refractivity contribution in [2.45, 2.75) is 44.7 Å². The molecule has 0 saturated carbocycles. The lowest BCUT2D eigenvalue weighted by molar-refractivity contribution is -0.124. The van der Waals surface area contributed by atoms with Gasteiger partial charge in [-0.2, -0.15) is 0 Å². The van der Waals surface area contributed by atoms with E-state index in [9.17, 15) is 13.2 Å². The molecule has 0 spiro atoms. The summed E-state index contributed by atoms with van der Waals surface area (Å²) in [6.45, 7) is 4.74. The summed E-state index contributed by atoms with van der Waals surface area (Å²) in [5, 5.41) is 6.97. The lowest BCUT2D eigenvalue weighted by Crippen LogP contribution is -2.50. The summed E-state index contributed by atoms with van der Waals surface area (Å²) in [6, 6.07) is 2.00. The lowest BCUT2D eigenvalue weighted by atomic mass is 10.0. The molecule has 0 unspecified atom stereocenters. The molecule has 2 atom stereocenters. The first-order chi connectivity index (χ1) is 10.8. The Labute approximate surface area is 136 Å². The number of nitrogens with one attached hydrogen (secondary N) is 1. The fourth-order valence-electron chi connectivity index (χ4n) is 3.56. The minimum atomic E-state index is -3.03. The van der Waals surface area contributed by atoms with Crippen LogP contribution in [0.15, 0.2) is 10.6 Å². The van der Waals surface area contributed by atoms with E-state index >= 15 is 0 Å². The number of likely N-dealkylation sites (tertiary alicyclic amines) is 1. The molecule has 0 radical (unpaired) electrons. The van der Waals surface area contributed by atoms with Gasteiger partial charge in [0.25, 0.3) is 0 Å². The van der Waals surface area contributed by atoms with E-state index in [0.29, 0.717) is 6.42 Å². The number of aromatic nitrogens is 1. The molecule has 0 aliphatic carbocycles. The maximum Gasteiger partial charge on any atom is 0.234 e. The van der Waals surface area contributed by atoms with Gasteiger partial charge in [-0.1, -0.05) is 5.16 Å². The van der Waals surface area contributed by atoms with Crippen molar-refractivity contribution in [2.24, 2.45) is 0 Å². The van der Waals surface area contributed by atoms with Crippen molar-refractivity contribution < 1.29 is 17.7 Å². The number of hydrogen-bond acceptors (Lipinski definition) is 6. The number of rotatable bonds is 4. The number of aryl methyl sites for hydroxylation is 1. The van der Waals surface area contributed by atoms with Gasteiger partial charge in [0.15, 0.2) is 9.84 Å². The maximum absolute atomic E-state index is 12.4. The third-order valence-electron chi connectivity index (χ3n) is 4.64. The molecule has 23 heavy (non-hydrogen) atoms. The number of nitrogens with zero attached hydrogens (tertiary/aromatic N) is 2. The van der Waals surface area contributed by atoms with E-state index in [1.54, 1.807) is 6.92 Å². The van der Waals surface area contributed by atoms with Crippen molar-refractivity contribution in [3.63, 3.8) is 0 Å². The monoisotopic (exact) mass is 341 g/mol. The second kappa shape index (κ2) is 5.90. The van der Waals surface area contributed by atoms with Gasteiger partial charge in [0.2, 0.25) is 5.91 Å². The summed E-state index contributed by atoms with van der Waals surface area (Å²) >= 11 is 0. The van der Waals surface area contributed by atoms with E-state index in [0.717, 1.165) is 30.8 Å². The molecule has 1 aromatic heterocycles. The van der Waals surface area contributed by atoms with Crippen LogP contribution in [0.5, 0.6) is 0 Å². The Hall–Kier alpha value is -1.41. The summed E-state index contributed by atoms with van der Waals surface area (Å²) in [5.41, 5.74) is 0.220. The molecule has 3 heterocycles. The number of carbonyl (C=O) groups excluding carboxylic acids is 1. The third-order valence-corrected chi connectivity index (χ3v) is 6.55. The second-order valence-corrected chi connectivity index (χ2v) is 9.13. The molecule has 7 nitrogen and oxygen atoms in total. The van der Waals surface area contributed by atoms with Crippen LogP contribution in [-0.2, 0) is 14.6 Å². The van der Waals surface area contributed by atoms with Crippen LogP contribution in [0, 0.1) is 6.92 Å². The van der Waals surface area contributed by atoms with Crippen LogP contribution in [-0.4, -0.2) is 54.5 Å². The lowest BCUT2D eigenvalue weighted by Gasteiger charge is -2.27. The molecule has 2 aliphatic rings. The van der Waals surface area contributed by atoms with E-state index < -0.39 is 15.4 Å². The SMILES string of the molecule is Cc1cc([C@H]2CCCN2CC(=O)N[C@]2(C)CCS(=O)(=O)C2)no1. The van der Waals surface area contributed by atoms with Crippen LogP contribution >= 0.6 is 0 Å². The summed E-state index contributed by atoms with van der Waals surface area (Å²) in [5.74, 6) is 0.808. The summed E-state index contributed by atoms with van der Waals surface area (Å²) in [6.07, 6.45) is 2.44. The Bertz CT molecular complexity index is 699. The van der Waals surface area contributed by atoms with Gasteiger partial charge in [-0.25, -0.2) is 8.42 Å². The van der Waals surface area contributed by atoms with E-state index in [1.165, 1.54) is 0 Å². The van der Waals surface area contributed by atoms with Crippen LogP contribution in [0.4, 0.5) is 0 Å². The second-order valence-electron chi connectivity index (χ2n) is 6.94. The average molecular weight is 341 g/mol. The summed E-state index contributed by atoms with van der Waals surface area (Å²) in [4.78, 5) is 14.4. The van der Waals surface area contributed by atoms with Crippen LogP contribution < -0.4 is 5.32 Å². The van der Waals surface area contributed by atoms with Crippen LogP contribution in [0.3, 0.4) is 0 Å². The molecule has 1 amide bonds. The Balaban J connectivity index is 1.61. The normalized spacial score (nSPS) is 30.6. The quantitative estimate of drug-likeness (QED) is 0.871. The molecule has 1 N–H and O–H groups in total. The molecule has 1 aromatic rings. The van der Waals surface area contributed by atoms with Gasteiger partial charge in [-0.05, 0) is 39.7 Å². The highest BCUT2D eigenvalue weighted by atomic mass is 32.2. The van der Waals surface area contributed by atoms with E-state index in [-0.39, 0.29) is 30.0 Å². The molecule has 0 bridgehead atoms. The zero-order valence-corrected chi connectivity index (χ0v) is 14.4. The Morgan fingerprint density at radius 3 is 2.96 bits per heavy atom. The van der Waals surface area contributed by atoms with Crippen molar-refractivity contribution >= 4 is 15.7 Å². The van der Waals surface area contributed by atoms with Crippen LogP contribution in [0.25, 0.3) is 0 Å². The standard InChI is InChI=1S/C15H23N3O4S/c1-11-8-12(17-22-11)13-4-3-6-18(13)9-14(19)16-15(2)5-7-23(20,21)10-15/h8,13H,3-7,9-10H2,1-2H3,(H,16,19)/t13-,15-/m1/s1. The third kappa shape index (κ3) is 3.74. The molecular formula is C15H23N3O4S. The highest BCUT2D eigenvalue weighted by Gasteiger charge is 2.40. The number of hydrogen-bond donors (Lipinski definition) is 1. The Morgan fingerprint density at radius 1 is 1.57 bits per heavy atom. The molecule has 2 saturated heterocycles. The molecule has 3 rings (SSSR count). The number of sulfone groups is 1. The molecule has 2 aliphatic heterocycles. The van der Waals surface area contributed by atoms with E-state index in [4.69, 9.17) is 4.52 Å². The number of carbonyl (C=O) groups is 1. The molecule has 8 heteroatoms. The van der Waals surface area contributed by atoms with Gasteiger partial charge in [0.05, 0.1) is 29.6 Å². The average Bonchev–Trinajstić information content (AvgIpc) is 3.10. The van der Waals surface area contributed by atoms with Crippen molar-refractivity contribution in [1.82, 2.24) is 15.4 Å². The van der Waals surface area contributed by atoms with E-state index in [1.807, 2.05) is 13.0 Å². The van der Waals surface area contributed by atoms with Gasteiger partial charge in [0.1, 0.15) is 11.5 Å². The minimum Gasteiger partial charge on any atom is -0.361 e. The fourth-order valence-corrected chi connectivity index (χ4v) is 5.66. The van der Waals surface area contributed by atoms with Gasteiger partial charge < -0.3 is 9.84 Å². The van der Waals surface area contributed by atoms with Crippen molar-refractivity contribution in [2.75, 3.05) is 24.6 Å². The van der Waals surface area contributed by atoms with Crippen LogP contribution in [0.2, 0.25) is 0 Å². The topological polar surface area (TPSA) is 92.5 Å². The molecule has 2 fully saturated rings. The van der Waals surface area contributed by atoms with Crippen molar-refractivity contribution in [1.29, 1.82) is 0 Å². The first-order valence-corrected chi connectivity index (χ1v) is 9.77. The molecular weight excluding hydrogens is 318 g/mol. The van der Waals surface area contributed by atoms with E-state index in [2.05, 4.69) is 15.4 Å². The highest BCUT2D eigenvalue weighted by molar-refractivity contribution is 7.91. The highest BCUT2D eigenvalue weighted by Crippen LogP contribution is 2.31. The van der Waals surface area contributed by atoms with Crippen molar-refractivity contribution in [3.05, 3.63) is 17.5 Å². The van der Waals surface area contributed by atoms with Crippen molar-refractivity contribution in [3.8, 4) is 0 Å². The Kier molecular flexibility index (Phi) is 4.22. The van der Waals surface area contributed by atoms with Gasteiger partial charge in [-0.15, -0.1) is 0 Å². The molecule has 0 aromatic carbocycles. The number of amides is 1. The fraction of sp³-hybridized carbons (Fsp3) is 0.733.